The molecule has 3 heteroatoms. The monoisotopic (exact) mass is 279 g/mol. The largest absolute Gasteiger partial charge is 0.306 e. The lowest BCUT2D eigenvalue weighted by atomic mass is 10.1. The van der Waals surface area contributed by atoms with Crippen LogP contribution in [0.25, 0.3) is 16.5 Å². The van der Waals surface area contributed by atoms with Crippen LogP contribution in [0.3, 0.4) is 0 Å². The van der Waals surface area contributed by atoms with Gasteiger partial charge in [0.15, 0.2) is 0 Å². The quantitative estimate of drug-likeness (QED) is 0.787. The summed E-state index contributed by atoms with van der Waals surface area (Å²) in [7, 11) is 0. The van der Waals surface area contributed by atoms with Crippen molar-refractivity contribution in [1.82, 2.24) is 14.9 Å². The Kier molecular flexibility index (Phi) is 3.52. The summed E-state index contributed by atoms with van der Waals surface area (Å²) in [5, 5.41) is 6.02. The van der Waals surface area contributed by atoms with E-state index in [0.717, 1.165) is 12.2 Å². The maximum Gasteiger partial charge on any atom is 0.0994 e. The zero-order valence-electron chi connectivity index (χ0n) is 12.8. The Morgan fingerprint density at radius 1 is 1.05 bits per heavy atom. The van der Waals surface area contributed by atoms with E-state index < -0.39 is 0 Å². The molecule has 21 heavy (non-hydrogen) atoms. The Labute approximate surface area is 125 Å². The zero-order valence-corrected chi connectivity index (χ0v) is 12.8. The molecule has 1 N–H and O–H groups in total. The molecule has 0 aliphatic heterocycles. The maximum absolute atomic E-state index is 4.30. The number of aromatic nitrogens is 2. The molecular formula is C18H21N3. The van der Waals surface area contributed by atoms with Gasteiger partial charge in [-0.3, -0.25) is 0 Å². The van der Waals surface area contributed by atoms with Crippen LogP contribution in [0, 0.1) is 0 Å². The Morgan fingerprint density at radius 2 is 1.81 bits per heavy atom. The molecule has 0 atom stereocenters. The molecule has 0 fully saturated rings. The van der Waals surface area contributed by atoms with E-state index in [-0.39, 0.29) is 5.54 Å². The lowest BCUT2D eigenvalue weighted by Crippen LogP contribution is -2.35. The molecule has 0 saturated heterocycles. The van der Waals surface area contributed by atoms with Crippen LogP contribution in [0.4, 0.5) is 0 Å². The Balaban J connectivity index is 1.94. The molecule has 3 nitrogen and oxygen atoms in total. The van der Waals surface area contributed by atoms with Crippen molar-refractivity contribution in [3.63, 3.8) is 0 Å². The van der Waals surface area contributed by atoms with E-state index in [9.17, 15) is 0 Å². The van der Waals surface area contributed by atoms with Gasteiger partial charge in [-0.05, 0) is 43.7 Å². The van der Waals surface area contributed by atoms with Crippen molar-refractivity contribution < 1.29 is 0 Å². The van der Waals surface area contributed by atoms with Crippen molar-refractivity contribution >= 4 is 10.8 Å². The van der Waals surface area contributed by atoms with Crippen molar-refractivity contribution in [1.29, 1.82) is 0 Å². The Morgan fingerprint density at radius 3 is 2.57 bits per heavy atom. The van der Waals surface area contributed by atoms with Crippen molar-refractivity contribution in [2.45, 2.75) is 32.9 Å². The second kappa shape index (κ2) is 5.34. The van der Waals surface area contributed by atoms with Gasteiger partial charge in [-0.15, -0.1) is 0 Å². The average Bonchev–Trinajstić information content (AvgIpc) is 2.92. The van der Waals surface area contributed by atoms with E-state index in [1.807, 2.05) is 12.5 Å². The molecular weight excluding hydrogens is 258 g/mol. The summed E-state index contributed by atoms with van der Waals surface area (Å²) in [4.78, 5) is 4.30. The van der Waals surface area contributed by atoms with Gasteiger partial charge in [0.2, 0.25) is 0 Å². The SMILES string of the molecule is CC(C)(C)NCc1cncn1-c1ccc2ccccc2c1. The van der Waals surface area contributed by atoms with Gasteiger partial charge in [0, 0.05) is 24.0 Å². The highest BCUT2D eigenvalue weighted by molar-refractivity contribution is 5.84. The van der Waals surface area contributed by atoms with Gasteiger partial charge in [0.05, 0.1) is 12.0 Å². The fourth-order valence-electron chi connectivity index (χ4n) is 2.37. The summed E-state index contributed by atoms with van der Waals surface area (Å²) < 4.78 is 2.14. The van der Waals surface area contributed by atoms with Gasteiger partial charge in [0.1, 0.15) is 0 Å². The zero-order chi connectivity index (χ0) is 14.9. The van der Waals surface area contributed by atoms with Gasteiger partial charge in [-0.2, -0.15) is 0 Å². The number of nitrogens with one attached hydrogen (secondary N) is 1. The van der Waals surface area contributed by atoms with Gasteiger partial charge in [-0.25, -0.2) is 4.98 Å². The fraction of sp³-hybridized carbons (Fsp3) is 0.278. The van der Waals surface area contributed by atoms with E-state index in [0.29, 0.717) is 0 Å². The summed E-state index contributed by atoms with van der Waals surface area (Å²) in [5.41, 5.74) is 2.41. The van der Waals surface area contributed by atoms with Crippen LogP contribution in [0.1, 0.15) is 26.5 Å². The summed E-state index contributed by atoms with van der Waals surface area (Å²) in [6, 6.07) is 14.9. The first-order chi connectivity index (χ1) is 10.0. The highest BCUT2D eigenvalue weighted by Gasteiger charge is 2.11. The first kappa shape index (κ1) is 13.8. The molecule has 0 unspecified atom stereocenters. The lowest BCUT2D eigenvalue weighted by Gasteiger charge is -2.21. The van der Waals surface area contributed by atoms with Gasteiger partial charge in [0.25, 0.3) is 0 Å². The van der Waals surface area contributed by atoms with Crippen LogP contribution < -0.4 is 5.32 Å². The van der Waals surface area contributed by atoms with E-state index >= 15 is 0 Å². The molecule has 0 aliphatic carbocycles. The summed E-state index contributed by atoms with van der Waals surface area (Å²) >= 11 is 0. The second-order valence-corrected chi connectivity index (χ2v) is 6.39. The van der Waals surface area contributed by atoms with Crippen molar-refractivity contribution in [2.75, 3.05) is 0 Å². The molecule has 0 spiro atoms. The molecule has 0 aliphatic rings. The van der Waals surface area contributed by atoms with Crippen molar-refractivity contribution in [3.05, 3.63) is 60.7 Å². The molecule has 1 aromatic heterocycles. The van der Waals surface area contributed by atoms with Crippen molar-refractivity contribution in [3.8, 4) is 5.69 Å². The van der Waals surface area contributed by atoms with Crippen molar-refractivity contribution in [2.24, 2.45) is 0 Å². The first-order valence-corrected chi connectivity index (χ1v) is 7.28. The Hall–Kier alpha value is -2.13. The lowest BCUT2D eigenvalue weighted by molar-refractivity contribution is 0.419. The summed E-state index contributed by atoms with van der Waals surface area (Å²) in [6.07, 6.45) is 3.80. The van der Waals surface area contributed by atoms with Crippen LogP contribution in [0.15, 0.2) is 55.0 Å². The minimum absolute atomic E-state index is 0.0957. The fourth-order valence-corrected chi connectivity index (χ4v) is 2.37. The second-order valence-electron chi connectivity index (χ2n) is 6.39. The topological polar surface area (TPSA) is 29.9 Å². The number of nitrogens with zero attached hydrogens (tertiary/aromatic N) is 2. The third kappa shape index (κ3) is 3.14. The highest BCUT2D eigenvalue weighted by atomic mass is 15.1. The number of hydrogen-bond acceptors (Lipinski definition) is 2. The van der Waals surface area contributed by atoms with Crippen LogP contribution in [0.2, 0.25) is 0 Å². The number of hydrogen-bond donors (Lipinski definition) is 1. The molecule has 3 rings (SSSR count). The Bertz CT molecular complexity index is 750. The molecule has 3 aromatic rings. The third-order valence-corrected chi connectivity index (χ3v) is 3.53. The van der Waals surface area contributed by atoms with Gasteiger partial charge in [-0.1, -0.05) is 30.3 Å². The molecule has 0 radical (unpaired) electrons. The molecule has 108 valence electrons. The molecule has 2 aromatic carbocycles. The summed E-state index contributed by atoms with van der Waals surface area (Å²) in [6.45, 7) is 7.31. The minimum Gasteiger partial charge on any atom is -0.306 e. The molecule has 1 heterocycles. The minimum atomic E-state index is 0.0957. The van der Waals surface area contributed by atoms with E-state index in [4.69, 9.17) is 0 Å². The van der Waals surface area contributed by atoms with Gasteiger partial charge < -0.3 is 9.88 Å². The standard InChI is InChI=1S/C18H21N3/c1-18(2,3)20-12-17-11-19-13-21(17)16-9-8-14-6-4-5-7-15(14)10-16/h4-11,13,20H,12H2,1-3H3. The molecule has 0 bridgehead atoms. The smallest absolute Gasteiger partial charge is 0.0994 e. The van der Waals surface area contributed by atoms with Crippen LogP contribution in [0.5, 0.6) is 0 Å². The summed E-state index contributed by atoms with van der Waals surface area (Å²) in [5.74, 6) is 0. The van der Waals surface area contributed by atoms with E-state index in [1.54, 1.807) is 0 Å². The normalized spacial score (nSPS) is 12.0. The average molecular weight is 279 g/mol. The predicted octanol–water partition coefficient (Wildman–Crippen LogP) is 3.91. The van der Waals surface area contributed by atoms with E-state index in [2.05, 4.69) is 78.1 Å². The first-order valence-electron chi connectivity index (χ1n) is 7.28. The predicted molar refractivity (Wildman–Crippen MR) is 87.7 cm³/mol. The number of rotatable bonds is 3. The van der Waals surface area contributed by atoms with Gasteiger partial charge >= 0.3 is 0 Å². The van der Waals surface area contributed by atoms with Crippen LogP contribution in [-0.4, -0.2) is 15.1 Å². The van der Waals surface area contributed by atoms with Crippen LogP contribution >= 0.6 is 0 Å². The van der Waals surface area contributed by atoms with Crippen LogP contribution in [-0.2, 0) is 6.54 Å². The number of fused-ring (bicyclic) bond motifs is 1. The maximum atomic E-state index is 4.30. The third-order valence-electron chi connectivity index (χ3n) is 3.53. The molecule has 0 amide bonds. The number of imidazole rings is 1. The highest BCUT2D eigenvalue weighted by Crippen LogP contribution is 2.19. The molecule has 0 saturated carbocycles. The number of benzene rings is 2. The van der Waals surface area contributed by atoms with E-state index in [1.165, 1.54) is 16.5 Å².